The number of benzene rings is 2. The van der Waals surface area contributed by atoms with Crippen LogP contribution in [0.4, 0.5) is 5.69 Å². The molecule has 1 atom stereocenters. The molecule has 0 radical (unpaired) electrons. The number of aromatic amines is 2. The molecule has 1 amide bonds. The predicted octanol–water partition coefficient (Wildman–Crippen LogP) is 4.34. The van der Waals surface area contributed by atoms with E-state index in [4.69, 9.17) is 27.4 Å². The van der Waals surface area contributed by atoms with Gasteiger partial charge in [0.25, 0.3) is 5.91 Å². The molecular formula is C32H45N5O5S3. The zero-order valence-corrected chi connectivity index (χ0v) is 28.0. The number of thioether (sulfide) groups is 2. The Morgan fingerprint density at radius 1 is 1.09 bits per heavy atom. The Morgan fingerprint density at radius 2 is 1.84 bits per heavy atom. The summed E-state index contributed by atoms with van der Waals surface area (Å²) in [4.78, 5) is 21.6. The van der Waals surface area contributed by atoms with Crippen LogP contribution in [0.15, 0.2) is 72.9 Å². The van der Waals surface area contributed by atoms with Crippen molar-refractivity contribution in [2.75, 3.05) is 63.7 Å². The predicted molar refractivity (Wildman–Crippen MR) is 191 cm³/mol. The number of methoxy groups -OCH3 is 1. The number of carbonyl (C=O) groups is 1. The molecule has 4 aromatic rings. The molecule has 2 aromatic carbocycles. The normalized spacial score (nSPS) is 13.4. The molecule has 1 saturated heterocycles. The molecule has 0 aliphatic carbocycles. The molecule has 10 nitrogen and oxygen atoms in total. The highest BCUT2D eigenvalue weighted by Crippen LogP contribution is 2.28. The first-order valence-corrected chi connectivity index (χ1v) is 17.0. The molecular weight excluding hydrogens is 631 g/mol. The Morgan fingerprint density at radius 3 is 2.51 bits per heavy atom. The second-order valence-electron chi connectivity index (χ2n) is 10.1. The Balaban J connectivity index is 0.000000693. The van der Waals surface area contributed by atoms with Gasteiger partial charge in [0, 0.05) is 86.5 Å². The number of nitrogens with two attached hydrogens (primary N) is 1. The third-order valence-corrected chi connectivity index (χ3v) is 9.29. The average Bonchev–Trinajstić information content (AvgIpc) is 3.47. The van der Waals surface area contributed by atoms with Gasteiger partial charge in [0.05, 0.1) is 17.8 Å². The van der Waals surface area contributed by atoms with Gasteiger partial charge >= 0.3 is 0 Å². The van der Waals surface area contributed by atoms with E-state index in [1.54, 1.807) is 13.2 Å². The van der Waals surface area contributed by atoms with Crippen molar-refractivity contribution in [1.29, 1.82) is 0 Å². The molecule has 9 N–H and O–H groups in total. The summed E-state index contributed by atoms with van der Waals surface area (Å²) < 4.78 is 11.6. The largest absolute Gasteiger partial charge is 0.493 e. The van der Waals surface area contributed by atoms with Crippen LogP contribution in [0.5, 0.6) is 5.75 Å². The molecule has 3 heterocycles. The van der Waals surface area contributed by atoms with Crippen molar-refractivity contribution in [3.05, 3.63) is 88.8 Å². The maximum absolute atomic E-state index is 13.1. The average molecular weight is 676 g/mol. The number of anilines is 1. The molecule has 2 aromatic heterocycles. The summed E-state index contributed by atoms with van der Waals surface area (Å²) in [5.74, 6) is 3.86. The van der Waals surface area contributed by atoms with E-state index in [0.717, 1.165) is 47.4 Å². The third-order valence-electron chi connectivity index (χ3n) is 6.80. The van der Waals surface area contributed by atoms with Crippen LogP contribution in [0, 0.1) is 4.64 Å². The molecule has 0 saturated carbocycles. The lowest BCUT2D eigenvalue weighted by molar-refractivity contribution is 0.0948. The number of hydrogen-bond acceptors (Lipinski definition) is 8. The van der Waals surface area contributed by atoms with Crippen molar-refractivity contribution in [2.45, 2.75) is 17.4 Å². The molecule has 0 bridgehead atoms. The third kappa shape index (κ3) is 13.1. The van der Waals surface area contributed by atoms with Crippen molar-refractivity contribution in [2.24, 2.45) is 0 Å². The summed E-state index contributed by atoms with van der Waals surface area (Å²) in [6.45, 7) is 5.00. The zero-order chi connectivity index (χ0) is 30.3. The van der Waals surface area contributed by atoms with E-state index >= 15 is 0 Å². The Hall–Kier alpha value is -3.04. The molecule has 1 unspecified atom stereocenters. The van der Waals surface area contributed by atoms with Crippen LogP contribution in [0.25, 0.3) is 10.9 Å². The van der Waals surface area contributed by atoms with Crippen molar-refractivity contribution < 1.29 is 25.2 Å². The van der Waals surface area contributed by atoms with Gasteiger partial charge in [-0.2, -0.15) is 23.5 Å². The lowest BCUT2D eigenvalue weighted by atomic mass is 10.2. The summed E-state index contributed by atoms with van der Waals surface area (Å²) in [5, 5.41) is 4.33. The van der Waals surface area contributed by atoms with E-state index in [1.807, 2.05) is 66.1 Å². The number of fused-ring (bicyclic) bond motifs is 1. The van der Waals surface area contributed by atoms with Crippen LogP contribution < -0.4 is 15.8 Å². The Kier molecular flexibility index (Phi) is 17.7. The minimum absolute atomic E-state index is 0. The zero-order valence-electron chi connectivity index (χ0n) is 25.6. The first-order valence-electron chi connectivity index (χ1n) is 14.4. The maximum atomic E-state index is 13.1. The summed E-state index contributed by atoms with van der Waals surface area (Å²) in [6, 6.07) is 21.7. The molecule has 45 heavy (non-hydrogen) atoms. The number of nitrogens with zero attached hydrogens (tertiary/aromatic N) is 1. The van der Waals surface area contributed by atoms with Gasteiger partial charge < -0.3 is 46.3 Å². The van der Waals surface area contributed by atoms with E-state index in [1.165, 1.54) is 17.1 Å². The van der Waals surface area contributed by atoms with Gasteiger partial charge in [0.2, 0.25) is 0 Å². The van der Waals surface area contributed by atoms with Crippen LogP contribution in [0.1, 0.15) is 22.5 Å². The summed E-state index contributed by atoms with van der Waals surface area (Å²) >= 11 is 8.68. The molecule has 1 fully saturated rings. The maximum Gasteiger partial charge on any atom is 0.267 e. The molecule has 5 rings (SSSR count). The number of aromatic nitrogens is 2. The number of nitrogens with one attached hydrogen (secondary N) is 3. The van der Waals surface area contributed by atoms with Crippen molar-refractivity contribution in [3.63, 3.8) is 0 Å². The fourth-order valence-electron chi connectivity index (χ4n) is 4.56. The van der Waals surface area contributed by atoms with E-state index in [0.29, 0.717) is 42.1 Å². The quantitative estimate of drug-likeness (QED) is 0.0921. The highest BCUT2D eigenvalue weighted by molar-refractivity contribution is 7.99. The van der Waals surface area contributed by atoms with Gasteiger partial charge in [-0.3, -0.25) is 4.79 Å². The minimum atomic E-state index is -0.118. The number of amides is 1. The van der Waals surface area contributed by atoms with E-state index in [2.05, 4.69) is 44.5 Å². The lowest BCUT2D eigenvalue weighted by Gasteiger charge is -2.30. The second-order valence-corrected chi connectivity index (χ2v) is 13.1. The molecule has 246 valence electrons. The second kappa shape index (κ2) is 20.9. The smallest absolute Gasteiger partial charge is 0.267 e. The van der Waals surface area contributed by atoms with Crippen LogP contribution >= 0.6 is 35.7 Å². The van der Waals surface area contributed by atoms with Gasteiger partial charge in [-0.05, 0) is 29.8 Å². The van der Waals surface area contributed by atoms with Gasteiger partial charge in [0.15, 0.2) is 0 Å². The molecule has 13 heteroatoms. The SMILES string of the molecule is COCCCOc1cc(N)c2[nH]c(C(=O)NCC(CN3CCSCC3)SCc3ccccc3)cc2c1.O.O.S=c1cccc[nH]1. The van der Waals surface area contributed by atoms with Crippen LogP contribution in [-0.2, 0) is 10.5 Å². The van der Waals surface area contributed by atoms with Crippen molar-refractivity contribution >= 4 is 58.2 Å². The van der Waals surface area contributed by atoms with Gasteiger partial charge in [-0.1, -0.05) is 48.6 Å². The Bertz CT molecular complexity index is 1450. The fraction of sp³-hybridized carbons (Fsp3) is 0.375. The first kappa shape index (κ1) is 38.1. The standard InChI is InChI=1S/C27H36N4O3S2.C5H5NS.2H2O/c1-33-10-5-11-34-22-14-21-15-25(30-26(21)24(28)16-22)27(32)29-17-23(18-31-8-12-35-13-9-31)36-19-20-6-3-2-4-7-20;7-5-3-1-2-4-6-5;;/h2-4,6-7,14-16,23,30H,5,8-13,17-19,28H2,1H3,(H,29,32);1-4H,(H,6,7);2*1H2. The number of carbonyl (C=O) groups excluding carboxylic acids is 1. The van der Waals surface area contributed by atoms with Crippen LogP contribution in [0.2, 0.25) is 0 Å². The number of nitrogen functional groups attached to an aromatic ring is 1. The summed E-state index contributed by atoms with van der Waals surface area (Å²) in [5.41, 5.74) is 9.37. The monoisotopic (exact) mass is 675 g/mol. The van der Waals surface area contributed by atoms with Crippen molar-refractivity contribution in [3.8, 4) is 5.75 Å². The Labute approximate surface area is 278 Å². The highest BCUT2D eigenvalue weighted by Gasteiger charge is 2.19. The number of rotatable bonds is 13. The minimum Gasteiger partial charge on any atom is -0.493 e. The van der Waals surface area contributed by atoms with Crippen LogP contribution in [-0.4, -0.2) is 95.0 Å². The van der Waals surface area contributed by atoms with E-state index < -0.39 is 0 Å². The van der Waals surface area contributed by atoms with Crippen molar-refractivity contribution in [1.82, 2.24) is 20.2 Å². The number of pyridine rings is 1. The number of H-pyrrole nitrogens is 2. The van der Waals surface area contributed by atoms with Crippen LogP contribution in [0.3, 0.4) is 0 Å². The molecule has 0 spiro atoms. The fourth-order valence-corrected chi connectivity index (χ4v) is 6.82. The topological polar surface area (TPSA) is 171 Å². The number of ether oxygens (including phenoxy) is 2. The van der Waals surface area contributed by atoms with E-state index in [9.17, 15) is 4.79 Å². The van der Waals surface area contributed by atoms with E-state index in [-0.39, 0.29) is 16.9 Å². The van der Waals surface area contributed by atoms with Gasteiger partial charge in [-0.25, -0.2) is 0 Å². The highest BCUT2D eigenvalue weighted by atomic mass is 32.2. The number of hydrogen-bond donors (Lipinski definition) is 4. The lowest BCUT2D eigenvalue weighted by Crippen LogP contribution is -2.42. The van der Waals surface area contributed by atoms with Gasteiger partial charge in [0.1, 0.15) is 16.1 Å². The molecule has 1 aliphatic rings. The van der Waals surface area contributed by atoms with Gasteiger partial charge in [-0.15, -0.1) is 0 Å². The summed E-state index contributed by atoms with van der Waals surface area (Å²) in [7, 11) is 1.67. The first-order chi connectivity index (χ1) is 21.0. The summed E-state index contributed by atoms with van der Waals surface area (Å²) in [6.07, 6.45) is 2.61. The molecule has 1 aliphatic heterocycles.